The standard InChI is InChI=1S/C28H29NO6/c1-19(27(31)32)29-26(30)23(17-24(28(33)34)18-35-25-10-6-3-7-11-25)16-20-12-14-22(15-13-20)21-8-4-2-5-9-21/h2-15,19,23-24H,16-18H2,1H3,(H,29,30)(H,31,32)(H,33,34)/t19?,23-,24?/m1/s1. The van der Waals surface area contributed by atoms with Crippen LogP contribution in [-0.4, -0.2) is 40.7 Å². The van der Waals surface area contributed by atoms with E-state index in [1.165, 1.54) is 6.92 Å². The summed E-state index contributed by atoms with van der Waals surface area (Å²) < 4.78 is 5.64. The van der Waals surface area contributed by atoms with Crippen molar-refractivity contribution in [1.82, 2.24) is 5.32 Å². The molecule has 0 spiro atoms. The molecule has 35 heavy (non-hydrogen) atoms. The largest absolute Gasteiger partial charge is 0.493 e. The van der Waals surface area contributed by atoms with Crippen molar-refractivity contribution in [3.63, 3.8) is 0 Å². The quantitative estimate of drug-likeness (QED) is 0.361. The summed E-state index contributed by atoms with van der Waals surface area (Å²) in [7, 11) is 0. The number of carboxylic acids is 2. The van der Waals surface area contributed by atoms with Gasteiger partial charge in [0, 0.05) is 5.92 Å². The predicted molar refractivity (Wildman–Crippen MR) is 132 cm³/mol. The number of carboxylic acid groups (broad SMARTS) is 2. The first-order chi connectivity index (χ1) is 16.8. The van der Waals surface area contributed by atoms with Crippen LogP contribution in [0.2, 0.25) is 0 Å². The zero-order valence-corrected chi connectivity index (χ0v) is 19.5. The molecule has 1 amide bonds. The Morgan fingerprint density at radius 1 is 0.771 bits per heavy atom. The van der Waals surface area contributed by atoms with E-state index in [1.807, 2.05) is 60.7 Å². The van der Waals surface area contributed by atoms with Crippen LogP contribution in [0.1, 0.15) is 18.9 Å². The molecule has 7 heteroatoms. The van der Waals surface area contributed by atoms with Gasteiger partial charge in [-0.05, 0) is 48.6 Å². The first kappa shape index (κ1) is 25.5. The topological polar surface area (TPSA) is 113 Å². The second-order valence-electron chi connectivity index (χ2n) is 8.43. The highest BCUT2D eigenvalue weighted by atomic mass is 16.5. The van der Waals surface area contributed by atoms with Gasteiger partial charge in [0.2, 0.25) is 5.91 Å². The summed E-state index contributed by atoms with van der Waals surface area (Å²) in [5, 5.41) is 21.5. The van der Waals surface area contributed by atoms with Crippen LogP contribution in [0.5, 0.6) is 5.75 Å². The third kappa shape index (κ3) is 7.71. The number of rotatable bonds is 12. The highest BCUT2D eigenvalue weighted by molar-refractivity contribution is 5.85. The minimum Gasteiger partial charge on any atom is -0.493 e. The summed E-state index contributed by atoms with van der Waals surface area (Å²) in [5.74, 6) is -3.90. The van der Waals surface area contributed by atoms with Crippen LogP contribution in [0.3, 0.4) is 0 Å². The van der Waals surface area contributed by atoms with E-state index in [4.69, 9.17) is 4.74 Å². The van der Waals surface area contributed by atoms with Crippen molar-refractivity contribution in [3.8, 4) is 16.9 Å². The smallest absolute Gasteiger partial charge is 0.325 e. The first-order valence-electron chi connectivity index (χ1n) is 11.4. The molecule has 0 fully saturated rings. The van der Waals surface area contributed by atoms with Gasteiger partial charge in [-0.3, -0.25) is 14.4 Å². The van der Waals surface area contributed by atoms with Crippen LogP contribution in [0.4, 0.5) is 0 Å². The first-order valence-corrected chi connectivity index (χ1v) is 11.4. The van der Waals surface area contributed by atoms with Crippen molar-refractivity contribution in [2.24, 2.45) is 11.8 Å². The fourth-order valence-corrected chi connectivity index (χ4v) is 3.72. The van der Waals surface area contributed by atoms with Gasteiger partial charge in [0.05, 0.1) is 5.92 Å². The molecule has 0 aliphatic carbocycles. The molecule has 2 unspecified atom stereocenters. The fraction of sp³-hybridized carbons (Fsp3) is 0.250. The Bertz CT molecular complexity index is 1120. The molecule has 0 aromatic heterocycles. The van der Waals surface area contributed by atoms with Crippen LogP contribution in [0.25, 0.3) is 11.1 Å². The number of para-hydroxylation sites is 1. The zero-order chi connectivity index (χ0) is 25.2. The Morgan fingerprint density at radius 2 is 1.34 bits per heavy atom. The average Bonchev–Trinajstić information content (AvgIpc) is 2.87. The lowest BCUT2D eigenvalue weighted by Gasteiger charge is -2.22. The monoisotopic (exact) mass is 475 g/mol. The molecule has 0 aliphatic heterocycles. The van der Waals surface area contributed by atoms with E-state index in [2.05, 4.69) is 5.32 Å². The van der Waals surface area contributed by atoms with Gasteiger partial charge in [0.25, 0.3) is 0 Å². The van der Waals surface area contributed by atoms with Crippen LogP contribution in [-0.2, 0) is 20.8 Å². The van der Waals surface area contributed by atoms with Crippen molar-refractivity contribution in [2.75, 3.05) is 6.61 Å². The van der Waals surface area contributed by atoms with Crippen LogP contribution in [0, 0.1) is 11.8 Å². The summed E-state index contributed by atoms with van der Waals surface area (Å²) in [6, 6.07) is 25.3. The third-order valence-corrected chi connectivity index (χ3v) is 5.76. The molecule has 3 N–H and O–H groups in total. The van der Waals surface area contributed by atoms with Crippen LogP contribution in [0.15, 0.2) is 84.9 Å². The summed E-state index contributed by atoms with van der Waals surface area (Å²) in [5.41, 5.74) is 2.93. The molecular formula is C28H29NO6. The van der Waals surface area contributed by atoms with Gasteiger partial charge >= 0.3 is 11.9 Å². The highest BCUT2D eigenvalue weighted by Gasteiger charge is 2.29. The van der Waals surface area contributed by atoms with Crippen LogP contribution >= 0.6 is 0 Å². The normalized spacial score (nSPS) is 13.3. The van der Waals surface area contributed by atoms with Crippen molar-refractivity contribution in [1.29, 1.82) is 0 Å². The average molecular weight is 476 g/mol. The third-order valence-electron chi connectivity index (χ3n) is 5.76. The molecule has 0 saturated carbocycles. The molecule has 182 valence electrons. The Hall–Kier alpha value is -4.13. The van der Waals surface area contributed by atoms with Gasteiger partial charge in [-0.1, -0.05) is 72.8 Å². The zero-order valence-electron chi connectivity index (χ0n) is 19.5. The maximum atomic E-state index is 13.0. The molecule has 0 saturated heterocycles. The number of benzene rings is 3. The lowest BCUT2D eigenvalue weighted by molar-refractivity contribution is -0.145. The molecule has 3 atom stereocenters. The van der Waals surface area contributed by atoms with Crippen molar-refractivity contribution in [3.05, 3.63) is 90.5 Å². The van der Waals surface area contributed by atoms with Crippen molar-refractivity contribution in [2.45, 2.75) is 25.8 Å². The molecule has 0 heterocycles. The highest BCUT2D eigenvalue weighted by Crippen LogP contribution is 2.24. The maximum absolute atomic E-state index is 13.0. The Labute approximate surface area is 204 Å². The molecule has 3 rings (SSSR count). The number of nitrogens with one attached hydrogen (secondary N) is 1. The molecule has 7 nitrogen and oxygen atoms in total. The number of hydrogen-bond acceptors (Lipinski definition) is 4. The predicted octanol–water partition coefficient (Wildman–Crippen LogP) is 4.27. The minimum atomic E-state index is -1.16. The van der Waals surface area contributed by atoms with E-state index >= 15 is 0 Å². The van der Waals surface area contributed by atoms with Crippen LogP contribution < -0.4 is 10.1 Å². The maximum Gasteiger partial charge on any atom is 0.325 e. The Morgan fingerprint density at radius 3 is 1.91 bits per heavy atom. The van der Waals surface area contributed by atoms with E-state index in [0.29, 0.717) is 5.75 Å². The second-order valence-corrected chi connectivity index (χ2v) is 8.43. The summed E-state index contributed by atoms with van der Waals surface area (Å²) in [6.07, 6.45) is 0.267. The van der Waals surface area contributed by atoms with E-state index < -0.39 is 35.7 Å². The van der Waals surface area contributed by atoms with Crippen molar-refractivity contribution >= 4 is 17.8 Å². The summed E-state index contributed by atoms with van der Waals surface area (Å²) >= 11 is 0. The molecule has 3 aromatic rings. The van der Waals surface area contributed by atoms with E-state index in [1.54, 1.807) is 24.3 Å². The van der Waals surface area contributed by atoms with Gasteiger partial charge in [-0.15, -0.1) is 0 Å². The lowest BCUT2D eigenvalue weighted by Crippen LogP contribution is -2.43. The number of hydrogen-bond donors (Lipinski definition) is 3. The minimum absolute atomic E-state index is 0.000770. The Kier molecular flexibility index (Phi) is 9.01. The molecule has 0 aliphatic rings. The number of carbonyl (C=O) groups is 3. The molecule has 3 aromatic carbocycles. The van der Waals surface area contributed by atoms with E-state index in [9.17, 15) is 24.6 Å². The van der Waals surface area contributed by atoms with E-state index in [-0.39, 0.29) is 19.4 Å². The summed E-state index contributed by atoms with van der Waals surface area (Å²) in [4.78, 5) is 36.2. The molecule has 0 bridgehead atoms. The molecular weight excluding hydrogens is 446 g/mol. The van der Waals surface area contributed by atoms with Gasteiger partial charge in [-0.2, -0.15) is 0 Å². The number of aliphatic carboxylic acids is 2. The Balaban J connectivity index is 1.76. The van der Waals surface area contributed by atoms with Gasteiger partial charge in [-0.25, -0.2) is 0 Å². The summed E-state index contributed by atoms with van der Waals surface area (Å²) in [6.45, 7) is 1.27. The SMILES string of the molecule is CC(NC(=O)[C@H](Cc1ccc(-c2ccccc2)cc1)CC(COc1ccccc1)C(=O)O)C(=O)O. The lowest BCUT2D eigenvalue weighted by atomic mass is 9.88. The number of carbonyl (C=O) groups excluding carboxylic acids is 1. The van der Waals surface area contributed by atoms with Gasteiger partial charge in [0.15, 0.2) is 0 Å². The van der Waals surface area contributed by atoms with Gasteiger partial charge < -0.3 is 20.3 Å². The number of ether oxygens (including phenoxy) is 1. The van der Waals surface area contributed by atoms with E-state index in [0.717, 1.165) is 16.7 Å². The van der Waals surface area contributed by atoms with Gasteiger partial charge in [0.1, 0.15) is 18.4 Å². The number of amides is 1. The second kappa shape index (κ2) is 12.4. The van der Waals surface area contributed by atoms with Crippen molar-refractivity contribution < 1.29 is 29.3 Å². The molecule has 0 radical (unpaired) electrons. The fourth-order valence-electron chi connectivity index (χ4n) is 3.72.